The van der Waals surface area contributed by atoms with Crippen LogP contribution in [0.1, 0.15) is 52.4 Å². The lowest BCUT2D eigenvalue weighted by Gasteiger charge is -2.37. The van der Waals surface area contributed by atoms with Crippen molar-refractivity contribution in [3.63, 3.8) is 0 Å². The second kappa shape index (κ2) is 7.26. The molecule has 2 saturated heterocycles. The summed E-state index contributed by atoms with van der Waals surface area (Å²) in [4.78, 5) is 5.02. The molecular formula is C16H29N3. The number of rotatable bonds is 4. The van der Waals surface area contributed by atoms with Crippen molar-refractivity contribution < 1.29 is 0 Å². The van der Waals surface area contributed by atoms with Gasteiger partial charge in [-0.25, -0.2) is 0 Å². The van der Waals surface area contributed by atoms with E-state index in [4.69, 9.17) is 5.26 Å². The zero-order chi connectivity index (χ0) is 13.7. The molecule has 3 nitrogen and oxygen atoms in total. The Morgan fingerprint density at radius 1 is 1.16 bits per heavy atom. The van der Waals surface area contributed by atoms with Crippen LogP contribution in [-0.2, 0) is 0 Å². The molecule has 0 spiro atoms. The van der Waals surface area contributed by atoms with Crippen LogP contribution >= 0.6 is 0 Å². The first-order valence-corrected chi connectivity index (χ1v) is 8.08. The number of piperidine rings is 2. The Balaban J connectivity index is 1.67. The van der Waals surface area contributed by atoms with Gasteiger partial charge in [-0.3, -0.25) is 4.90 Å². The van der Waals surface area contributed by atoms with Crippen LogP contribution in [0, 0.1) is 17.2 Å². The predicted octanol–water partition coefficient (Wildman–Crippen LogP) is 2.87. The fourth-order valence-corrected chi connectivity index (χ4v) is 3.55. The van der Waals surface area contributed by atoms with Crippen molar-refractivity contribution in [2.24, 2.45) is 5.92 Å². The monoisotopic (exact) mass is 263 g/mol. The van der Waals surface area contributed by atoms with Crippen molar-refractivity contribution in [3.05, 3.63) is 0 Å². The van der Waals surface area contributed by atoms with E-state index in [0.29, 0.717) is 0 Å². The predicted molar refractivity (Wildman–Crippen MR) is 78.9 cm³/mol. The molecule has 0 bridgehead atoms. The van der Waals surface area contributed by atoms with Crippen LogP contribution in [-0.4, -0.2) is 48.1 Å². The molecule has 0 aliphatic carbocycles. The first-order valence-electron chi connectivity index (χ1n) is 8.08. The van der Waals surface area contributed by atoms with Crippen LogP contribution in [0.3, 0.4) is 0 Å². The average Bonchev–Trinajstić information content (AvgIpc) is 2.46. The summed E-state index contributed by atoms with van der Waals surface area (Å²) >= 11 is 0. The number of hydrogen-bond donors (Lipinski definition) is 0. The molecule has 0 aromatic carbocycles. The van der Waals surface area contributed by atoms with Crippen molar-refractivity contribution in [2.45, 2.75) is 64.5 Å². The van der Waals surface area contributed by atoms with Gasteiger partial charge in [0.2, 0.25) is 0 Å². The molecule has 108 valence electrons. The Bertz CT molecular complexity index is 302. The van der Waals surface area contributed by atoms with Crippen LogP contribution in [0.15, 0.2) is 0 Å². The minimum Gasteiger partial charge on any atom is -0.301 e. The van der Waals surface area contributed by atoms with E-state index in [2.05, 4.69) is 22.8 Å². The van der Waals surface area contributed by atoms with Gasteiger partial charge in [0.05, 0.1) is 12.1 Å². The molecule has 0 amide bonds. The molecule has 3 heteroatoms. The zero-order valence-electron chi connectivity index (χ0n) is 12.6. The van der Waals surface area contributed by atoms with Gasteiger partial charge in [-0.05, 0) is 78.0 Å². The average molecular weight is 263 g/mol. The summed E-state index contributed by atoms with van der Waals surface area (Å²) in [6.07, 6.45) is 8.13. The molecule has 0 radical (unpaired) electrons. The second-order valence-electron chi connectivity index (χ2n) is 6.45. The summed E-state index contributed by atoms with van der Waals surface area (Å²) in [5.41, 5.74) is 0. The standard InChI is InChI=1S/C16H29N3/c1-14-5-3-4-9-18(14)10-6-16-7-11-19(12-8-16)15(2)13-17/h14-16H,3-12H2,1-2H3/t14-,15+/m1/s1. The van der Waals surface area contributed by atoms with E-state index in [-0.39, 0.29) is 6.04 Å². The highest BCUT2D eigenvalue weighted by Crippen LogP contribution is 2.24. The molecule has 19 heavy (non-hydrogen) atoms. The fraction of sp³-hybridized carbons (Fsp3) is 0.938. The molecular weight excluding hydrogens is 234 g/mol. The Morgan fingerprint density at radius 3 is 2.53 bits per heavy atom. The lowest BCUT2D eigenvalue weighted by atomic mass is 9.92. The van der Waals surface area contributed by atoms with Gasteiger partial charge in [0.25, 0.3) is 0 Å². The smallest absolute Gasteiger partial charge is 0.0949 e. The van der Waals surface area contributed by atoms with E-state index in [0.717, 1.165) is 25.0 Å². The van der Waals surface area contributed by atoms with Crippen molar-refractivity contribution in [2.75, 3.05) is 26.2 Å². The molecule has 2 fully saturated rings. The second-order valence-corrected chi connectivity index (χ2v) is 6.45. The van der Waals surface area contributed by atoms with E-state index in [9.17, 15) is 0 Å². The largest absolute Gasteiger partial charge is 0.301 e. The lowest BCUT2D eigenvalue weighted by Crippen LogP contribution is -2.41. The van der Waals surface area contributed by atoms with E-state index in [1.165, 1.54) is 51.6 Å². The highest BCUT2D eigenvalue weighted by atomic mass is 15.2. The zero-order valence-corrected chi connectivity index (χ0v) is 12.6. The summed E-state index contributed by atoms with van der Waals surface area (Å²) in [5, 5.41) is 8.96. The van der Waals surface area contributed by atoms with Gasteiger partial charge in [0, 0.05) is 6.04 Å². The van der Waals surface area contributed by atoms with Gasteiger partial charge < -0.3 is 4.90 Å². The number of hydrogen-bond acceptors (Lipinski definition) is 3. The van der Waals surface area contributed by atoms with Crippen molar-refractivity contribution in [1.82, 2.24) is 9.80 Å². The van der Waals surface area contributed by atoms with Crippen LogP contribution in [0.5, 0.6) is 0 Å². The molecule has 0 N–H and O–H groups in total. The van der Waals surface area contributed by atoms with Gasteiger partial charge in [-0.15, -0.1) is 0 Å². The topological polar surface area (TPSA) is 30.3 Å². The third-order valence-corrected chi connectivity index (χ3v) is 5.15. The Labute approximate surface area is 118 Å². The molecule has 2 aliphatic rings. The van der Waals surface area contributed by atoms with Crippen LogP contribution < -0.4 is 0 Å². The van der Waals surface area contributed by atoms with Crippen LogP contribution in [0.25, 0.3) is 0 Å². The highest BCUT2D eigenvalue weighted by molar-refractivity contribution is 4.90. The van der Waals surface area contributed by atoms with Gasteiger partial charge in [-0.1, -0.05) is 6.42 Å². The Hall–Kier alpha value is -0.590. The minimum absolute atomic E-state index is 0.100. The molecule has 0 unspecified atom stereocenters. The summed E-state index contributed by atoms with van der Waals surface area (Å²) < 4.78 is 0. The van der Waals surface area contributed by atoms with E-state index in [1.54, 1.807) is 0 Å². The molecule has 0 aromatic heterocycles. The third kappa shape index (κ3) is 4.19. The summed E-state index contributed by atoms with van der Waals surface area (Å²) in [7, 11) is 0. The van der Waals surface area contributed by atoms with Gasteiger partial charge >= 0.3 is 0 Å². The minimum atomic E-state index is 0.100. The highest BCUT2D eigenvalue weighted by Gasteiger charge is 2.24. The van der Waals surface area contributed by atoms with E-state index >= 15 is 0 Å². The Kier molecular flexibility index (Phi) is 5.66. The van der Waals surface area contributed by atoms with Crippen LogP contribution in [0.4, 0.5) is 0 Å². The van der Waals surface area contributed by atoms with Crippen molar-refractivity contribution >= 4 is 0 Å². The number of likely N-dealkylation sites (tertiary alicyclic amines) is 2. The molecule has 2 rings (SSSR count). The van der Waals surface area contributed by atoms with Gasteiger partial charge in [0.15, 0.2) is 0 Å². The maximum Gasteiger partial charge on any atom is 0.0949 e. The fourth-order valence-electron chi connectivity index (χ4n) is 3.55. The lowest BCUT2D eigenvalue weighted by molar-refractivity contribution is 0.123. The molecule has 2 aliphatic heterocycles. The molecule has 2 atom stereocenters. The first kappa shape index (κ1) is 14.8. The number of nitriles is 1. The molecule has 0 saturated carbocycles. The molecule has 2 heterocycles. The van der Waals surface area contributed by atoms with E-state index < -0.39 is 0 Å². The number of nitrogens with zero attached hydrogens (tertiary/aromatic N) is 3. The quantitative estimate of drug-likeness (QED) is 0.781. The van der Waals surface area contributed by atoms with Gasteiger partial charge in [0.1, 0.15) is 0 Å². The Morgan fingerprint density at radius 2 is 1.89 bits per heavy atom. The third-order valence-electron chi connectivity index (χ3n) is 5.15. The maximum absolute atomic E-state index is 8.96. The summed E-state index contributed by atoms with van der Waals surface area (Å²) in [6.45, 7) is 9.25. The van der Waals surface area contributed by atoms with Crippen molar-refractivity contribution in [3.8, 4) is 6.07 Å². The first-order chi connectivity index (χ1) is 9.20. The summed E-state index contributed by atoms with van der Waals surface area (Å²) in [6, 6.07) is 3.26. The van der Waals surface area contributed by atoms with E-state index in [1.807, 2.05) is 6.92 Å². The normalized spacial score (nSPS) is 29.0. The SMILES string of the molecule is C[C@@H]1CCCCN1CCC1CCN([C@@H](C)C#N)CC1. The van der Waals surface area contributed by atoms with Gasteiger partial charge in [-0.2, -0.15) is 5.26 Å². The summed E-state index contributed by atoms with van der Waals surface area (Å²) in [5.74, 6) is 0.885. The molecule has 0 aromatic rings. The maximum atomic E-state index is 8.96. The van der Waals surface area contributed by atoms with Crippen molar-refractivity contribution in [1.29, 1.82) is 5.26 Å². The van der Waals surface area contributed by atoms with Crippen LogP contribution in [0.2, 0.25) is 0 Å².